The lowest BCUT2D eigenvalue weighted by atomic mass is 9.47. The zero-order valence-corrected chi connectivity index (χ0v) is 14.2. The van der Waals surface area contributed by atoms with Crippen molar-refractivity contribution in [3.05, 3.63) is 41.5 Å². The van der Waals surface area contributed by atoms with Gasteiger partial charge in [-0.25, -0.2) is 0 Å². The van der Waals surface area contributed by atoms with Crippen molar-refractivity contribution in [1.29, 1.82) is 0 Å². The minimum Gasteiger partial charge on any atom is -0.364 e. The molecule has 22 heavy (non-hydrogen) atoms. The first-order valence-electron chi connectivity index (χ1n) is 7.83. The summed E-state index contributed by atoms with van der Waals surface area (Å²) in [5.74, 6) is 1.29. The van der Waals surface area contributed by atoms with Gasteiger partial charge < -0.3 is 5.32 Å². The van der Waals surface area contributed by atoms with Gasteiger partial charge in [0.1, 0.15) is 0 Å². The SMILES string of the molecule is CNC(=S)N/N=C1\C(=C\c2ccccc2)CC2CC1C2(C)C. The fourth-order valence-electron chi connectivity index (χ4n) is 3.62. The second kappa shape index (κ2) is 5.84. The fourth-order valence-corrected chi connectivity index (χ4v) is 3.67. The molecule has 3 saturated carbocycles. The smallest absolute Gasteiger partial charge is 0.186 e. The summed E-state index contributed by atoms with van der Waals surface area (Å²) in [5, 5.41) is 8.11. The highest BCUT2D eigenvalue weighted by molar-refractivity contribution is 7.80. The molecule has 3 aliphatic rings. The van der Waals surface area contributed by atoms with E-state index >= 15 is 0 Å². The summed E-state index contributed by atoms with van der Waals surface area (Å²) in [4.78, 5) is 0. The minimum absolute atomic E-state index is 0.343. The number of nitrogens with zero attached hydrogens (tertiary/aromatic N) is 1. The number of hydrazone groups is 1. The normalized spacial score (nSPS) is 29.0. The lowest BCUT2D eigenvalue weighted by molar-refractivity contribution is 0.0141. The zero-order chi connectivity index (χ0) is 15.7. The monoisotopic (exact) mass is 313 g/mol. The third kappa shape index (κ3) is 2.68. The number of hydrogen-bond donors (Lipinski definition) is 2. The van der Waals surface area contributed by atoms with E-state index in [9.17, 15) is 0 Å². The van der Waals surface area contributed by atoms with Gasteiger partial charge in [0.15, 0.2) is 5.11 Å². The average Bonchev–Trinajstić information content (AvgIpc) is 2.53. The quantitative estimate of drug-likeness (QED) is 0.647. The average molecular weight is 313 g/mol. The van der Waals surface area contributed by atoms with Gasteiger partial charge in [0.25, 0.3) is 0 Å². The van der Waals surface area contributed by atoms with E-state index in [1.807, 2.05) is 6.07 Å². The van der Waals surface area contributed by atoms with Gasteiger partial charge in [-0.1, -0.05) is 44.2 Å². The van der Waals surface area contributed by atoms with E-state index < -0.39 is 0 Å². The van der Waals surface area contributed by atoms with Crippen molar-refractivity contribution in [3.63, 3.8) is 0 Å². The first-order valence-corrected chi connectivity index (χ1v) is 8.24. The summed E-state index contributed by atoms with van der Waals surface area (Å²) in [6.45, 7) is 4.72. The maximum atomic E-state index is 5.15. The molecular weight excluding hydrogens is 290 g/mol. The number of thiocarbonyl (C=S) groups is 1. The third-order valence-corrected chi connectivity index (χ3v) is 5.54. The van der Waals surface area contributed by atoms with E-state index in [1.54, 1.807) is 7.05 Å². The minimum atomic E-state index is 0.343. The molecule has 116 valence electrons. The third-order valence-electron chi connectivity index (χ3n) is 5.24. The summed E-state index contributed by atoms with van der Waals surface area (Å²) >= 11 is 5.15. The van der Waals surface area contributed by atoms with Gasteiger partial charge >= 0.3 is 0 Å². The molecule has 2 unspecified atom stereocenters. The Morgan fingerprint density at radius 2 is 2.05 bits per heavy atom. The summed E-state index contributed by atoms with van der Waals surface area (Å²) < 4.78 is 0. The molecule has 1 aromatic rings. The van der Waals surface area contributed by atoms with Gasteiger partial charge in [-0.05, 0) is 53.6 Å². The second-order valence-corrected chi connectivity index (χ2v) is 7.19. The summed E-state index contributed by atoms with van der Waals surface area (Å²) in [6.07, 6.45) is 4.62. The van der Waals surface area contributed by atoms with Crippen LogP contribution in [-0.4, -0.2) is 17.9 Å². The maximum Gasteiger partial charge on any atom is 0.186 e. The fraction of sp³-hybridized carbons (Fsp3) is 0.444. The van der Waals surface area contributed by atoms with Crippen LogP contribution in [0.5, 0.6) is 0 Å². The van der Waals surface area contributed by atoms with E-state index in [2.05, 4.69) is 60.0 Å². The van der Waals surface area contributed by atoms with Gasteiger partial charge in [0.05, 0.1) is 5.71 Å². The second-order valence-electron chi connectivity index (χ2n) is 6.78. The zero-order valence-electron chi connectivity index (χ0n) is 13.4. The van der Waals surface area contributed by atoms with Crippen molar-refractivity contribution in [1.82, 2.24) is 10.7 Å². The Hall–Kier alpha value is -1.68. The Balaban J connectivity index is 1.91. The molecule has 0 radical (unpaired) electrons. The van der Waals surface area contributed by atoms with E-state index in [0.717, 1.165) is 12.3 Å². The molecule has 3 fully saturated rings. The Kier molecular flexibility index (Phi) is 4.04. The highest BCUT2D eigenvalue weighted by Crippen LogP contribution is 2.59. The molecule has 4 heteroatoms. The van der Waals surface area contributed by atoms with Crippen LogP contribution in [0.3, 0.4) is 0 Å². The summed E-state index contributed by atoms with van der Waals surface area (Å²) in [5.41, 5.74) is 7.08. The van der Waals surface area contributed by atoms with Crippen LogP contribution in [0.15, 0.2) is 41.0 Å². The molecular formula is C18H23N3S. The lowest BCUT2D eigenvalue weighted by Gasteiger charge is -2.57. The number of rotatable bonds is 2. The topological polar surface area (TPSA) is 36.4 Å². The van der Waals surface area contributed by atoms with E-state index in [-0.39, 0.29) is 0 Å². The van der Waals surface area contributed by atoms with Crippen LogP contribution < -0.4 is 10.7 Å². The van der Waals surface area contributed by atoms with Crippen LogP contribution in [0.25, 0.3) is 6.08 Å². The van der Waals surface area contributed by atoms with Crippen molar-refractivity contribution < 1.29 is 0 Å². The highest BCUT2D eigenvalue weighted by atomic mass is 32.1. The highest BCUT2D eigenvalue weighted by Gasteiger charge is 2.54. The van der Waals surface area contributed by atoms with Crippen molar-refractivity contribution >= 4 is 29.1 Å². The molecule has 0 aromatic heterocycles. The van der Waals surface area contributed by atoms with E-state index in [0.29, 0.717) is 16.4 Å². The molecule has 0 amide bonds. The summed E-state index contributed by atoms with van der Waals surface area (Å²) in [7, 11) is 1.81. The number of benzene rings is 1. The maximum absolute atomic E-state index is 5.15. The van der Waals surface area contributed by atoms with Crippen LogP contribution in [0.4, 0.5) is 0 Å². The van der Waals surface area contributed by atoms with E-state index in [1.165, 1.54) is 23.3 Å². The predicted molar refractivity (Wildman–Crippen MR) is 96.6 cm³/mol. The molecule has 1 aromatic carbocycles. The van der Waals surface area contributed by atoms with Crippen LogP contribution in [0.1, 0.15) is 32.3 Å². The molecule has 3 nitrogen and oxygen atoms in total. The van der Waals surface area contributed by atoms with Crippen molar-refractivity contribution in [3.8, 4) is 0 Å². The molecule has 0 aliphatic heterocycles. The largest absolute Gasteiger partial charge is 0.364 e. The van der Waals surface area contributed by atoms with Crippen LogP contribution in [0, 0.1) is 17.3 Å². The number of fused-ring (bicyclic) bond motifs is 2. The van der Waals surface area contributed by atoms with Crippen molar-refractivity contribution in [2.75, 3.05) is 7.05 Å². The Labute approximate surface area is 137 Å². The summed E-state index contributed by atoms with van der Waals surface area (Å²) in [6, 6.07) is 10.5. The first kappa shape index (κ1) is 15.2. The van der Waals surface area contributed by atoms with Gasteiger partial charge in [0.2, 0.25) is 0 Å². The standard InChI is InChI=1S/C18H23N3S/c1-18(2)14-10-13(9-12-7-5-4-6-8-12)16(15(18)11-14)20-21-17(22)19-3/h4-9,14-15H,10-11H2,1-3H3,(H2,19,21,22)/b13-9+,20-16+. The molecule has 0 heterocycles. The van der Waals surface area contributed by atoms with Gasteiger partial charge in [-0.3, -0.25) is 5.43 Å². The molecule has 3 aliphatic carbocycles. The molecule has 2 N–H and O–H groups in total. The van der Waals surface area contributed by atoms with Crippen molar-refractivity contribution in [2.24, 2.45) is 22.4 Å². The number of hydrogen-bond acceptors (Lipinski definition) is 2. The Morgan fingerprint density at radius 3 is 2.68 bits per heavy atom. The van der Waals surface area contributed by atoms with Gasteiger partial charge in [0, 0.05) is 13.0 Å². The molecule has 2 bridgehead atoms. The Morgan fingerprint density at radius 1 is 1.32 bits per heavy atom. The van der Waals surface area contributed by atoms with E-state index in [4.69, 9.17) is 12.2 Å². The van der Waals surface area contributed by atoms with Crippen LogP contribution >= 0.6 is 12.2 Å². The Bertz CT molecular complexity index is 631. The van der Waals surface area contributed by atoms with Crippen LogP contribution in [-0.2, 0) is 0 Å². The lowest BCUT2D eigenvalue weighted by Crippen LogP contribution is -2.54. The molecule has 0 spiro atoms. The van der Waals surface area contributed by atoms with Gasteiger partial charge in [-0.2, -0.15) is 5.10 Å². The molecule has 0 saturated heterocycles. The van der Waals surface area contributed by atoms with Crippen LogP contribution in [0.2, 0.25) is 0 Å². The molecule has 2 atom stereocenters. The number of nitrogens with one attached hydrogen (secondary N) is 2. The van der Waals surface area contributed by atoms with Crippen molar-refractivity contribution in [2.45, 2.75) is 26.7 Å². The predicted octanol–water partition coefficient (Wildman–Crippen LogP) is 3.59. The first-order chi connectivity index (χ1) is 10.5. The molecule has 4 rings (SSSR count). The number of allylic oxidation sites excluding steroid dienone is 1. The van der Waals surface area contributed by atoms with Gasteiger partial charge in [-0.15, -0.1) is 0 Å².